The molecule has 0 spiro atoms. The molecule has 96 heavy (non-hydrogen) atoms. The van der Waals surface area contributed by atoms with Crippen LogP contribution in [0.2, 0.25) is 0 Å². The Morgan fingerprint density at radius 3 is 0.771 bits per heavy atom. The van der Waals surface area contributed by atoms with Gasteiger partial charge >= 0.3 is 0 Å². The minimum absolute atomic E-state index is 0.288. The van der Waals surface area contributed by atoms with Gasteiger partial charge in [0, 0.05) is 113 Å². The maximum atomic E-state index is 5.19. The van der Waals surface area contributed by atoms with E-state index in [1.54, 1.807) is 0 Å². The summed E-state index contributed by atoms with van der Waals surface area (Å²) in [4.78, 5) is 15.6. The van der Waals surface area contributed by atoms with E-state index in [2.05, 4.69) is 364 Å². The molecule has 0 aliphatic carbocycles. The van der Waals surface area contributed by atoms with Crippen molar-refractivity contribution in [2.24, 2.45) is 0 Å². The Kier molecular flexibility index (Phi) is 12.0. The molecule has 0 fully saturated rings. The highest BCUT2D eigenvalue weighted by Crippen LogP contribution is 2.54. The summed E-state index contributed by atoms with van der Waals surface area (Å²) in [5.41, 5.74) is 28.1. The Labute approximate surface area is 554 Å². The molecule has 0 amide bonds. The lowest BCUT2D eigenvalue weighted by Crippen LogP contribution is -2.61. The molecule has 13 aromatic carbocycles. The predicted molar refractivity (Wildman–Crippen MR) is 401 cm³/mol. The molecule has 7 heterocycles. The van der Waals surface area contributed by atoms with Crippen LogP contribution < -0.4 is 26.2 Å². The average molecular weight is 1220 g/mol. The van der Waals surface area contributed by atoms with Gasteiger partial charge < -0.3 is 23.5 Å². The molecule has 20 rings (SSSR count). The largest absolute Gasteiger partial charge is 0.310 e. The first-order chi connectivity index (χ1) is 47.7. The zero-order chi connectivity index (χ0) is 63.0. The van der Waals surface area contributed by atoms with Crippen molar-refractivity contribution in [2.75, 3.05) is 9.80 Å². The van der Waals surface area contributed by atoms with Crippen molar-refractivity contribution in [1.29, 1.82) is 0 Å². The highest BCUT2D eigenvalue weighted by atomic mass is 15.2. The van der Waals surface area contributed by atoms with Crippen molar-refractivity contribution in [2.45, 2.75) is 0 Å². The number of para-hydroxylation sites is 6. The molecule has 2 aliphatic heterocycles. The fourth-order valence-electron chi connectivity index (χ4n) is 16.1. The zero-order valence-corrected chi connectivity index (χ0v) is 52.0. The van der Waals surface area contributed by atoms with E-state index in [9.17, 15) is 0 Å². The van der Waals surface area contributed by atoms with E-state index in [0.717, 1.165) is 129 Å². The number of anilines is 6. The lowest BCUT2D eigenvalue weighted by atomic mass is 9.33. The van der Waals surface area contributed by atoms with Crippen LogP contribution in [0.4, 0.5) is 34.1 Å². The summed E-state index contributed by atoms with van der Waals surface area (Å²) in [6.07, 6.45) is 8.32. The summed E-state index contributed by atoms with van der Waals surface area (Å²) in [7, 11) is 0. The van der Waals surface area contributed by atoms with Gasteiger partial charge in [-0.15, -0.1) is 0 Å². The minimum atomic E-state index is -0.288. The van der Waals surface area contributed by atoms with E-state index in [1.165, 1.54) is 48.7 Å². The van der Waals surface area contributed by atoms with Gasteiger partial charge in [-0.25, -0.2) is 0 Å². The molecule has 0 unspecified atom stereocenters. The van der Waals surface area contributed by atoms with Crippen LogP contribution in [0, 0.1) is 0 Å². The molecule has 0 bridgehead atoms. The highest BCUT2D eigenvalue weighted by Gasteiger charge is 2.46. The van der Waals surface area contributed by atoms with Crippen LogP contribution in [0.1, 0.15) is 0 Å². The molecule has 0 atom stereocenters. The van der Waals surface area contributed by atoms with Gasteiger partial charge in [-0.1, -0.05) is 243 Å². The quantitative estimate of drug-likeness (QED) is 0.135. The Bertz CT molecular complexity index is 5580. The van der Waals surface area contributed by atoms with Gasteiger partial charge in [0.1, 0.15) is 0 Å². The predicted octanol–water partition coefficient (Wildman–Crippen LogP) is 20.5. The molecule has 8 heteroatoms. The van der Waals surface area contributed by atoms with Gasteiger partial charge in [0.2, 0.25) is 0 Å². The molecule has 0 radical (unpaired) electrons. The summed E-state index contributed by atoms with van der Waals surface area (Å²) in [5, 5.41) is 7.21. The number of hydrogen-bond acceptors (Lipinski definition) is 4. The zero-order valence-electron chi connectivity index (χ0n) is 52.0. The van der Waals surface area contributed by atoms with Crippen molar-refractivity contribution in [1.82, 2.24) is 23.7 Å². The Hall–Kier alpha value is -12.8. The second kappa shape index (κ2) is 21.4. The Morgan fingerprint density at radius 1 is 0.229 bits per heavy atom. The first-order valence-corrected chi connectivity index (χ1v) is 32.9. The smallest absolute Gasteiger partial charge is 0.252 e. The molecule has 2 aliphatic rings. The van der Waals surface area contributed by atoms with E-state index < -0.39 is 0 Å². The summed E-state index contributed by atoms with van der Waals surface area (Å²) < 4.78 is 7.44. The first-order valence-electron chi connectivity index (χ1n) is 32.9. The number of rotatable bonds is 9. The maximum Gasteiger partial charge on any atom is 0.252 e. The van der Waals surface area contributed by atoms with Crippen LogP contribution in [-0.4, -0.2) is 30.4 Å². The van der Waals surface area contributed by atoms with Crippen LogP contribution in [0.5, 0.6) is 0 Å². The van der Waals surface area contributed by atoms with Crippen LogP contribution >= 0.6 is 0 Å². The minimum Gasteiger partial charge on any atom is -0.310 e. The topological polar surface area (TPSA) is 47.1 Å². The summed E-state index contributed by atoms with van der Waals surface area (Å²) >= 11 is 0. The molecule has 5 aromatic heterocycles. The summed E-state index contributed by atoms with van der Waals surface area (Å²) in [5.74, 6) is 0. The Morgan fingerprint density at radius 2 is 0.479 bits per heavy atom. The summed E-state index contributed by atoms with van der Waals surface area (Å²) in [6.45, 7) is -0.288. The lowest BCUT2D eigenvalue weighted by Gasteiger charge is -2.46. The standard InChI is InChI=1S/C88H56BN7/c1-5-25-57(26-6-1)70-53-90-54-71(58-27-7-2-8-28-58)87(70)95-82-49-61(92-76-39-19-13-33-64(76)65-34-14-20-40-77(65)92)45-47-74(82)89-75-48-46-62(93-78-41-21-15-35-66(78)67-36-16-22-42-79(67)93)50-83(75)96(88-72(59-29-9-3-10-30-59)55-91-56-73(88)60-31-11-4-12-32-60)85-52-63(51-84(95)86(85)89)94-80-43-23-17-37-68(80)69-38-18-24-44-81(69)94/h1-56H. The van der Waals surface area contributed by atoms with Gasteiger partial charge in [-0.05, 0) is 111 Å². The molecule has 0 saturated carbocycles. The molecule has 0 saturated heterocycles. The van der Waals surface area contributed by atoms with E-state index in [4.69, 9.17) is 9.97 Å². The fraction of sp³-hybridized carbons (Fsp3) is 0. The van der Waals surface area contributed by atoms with E-state index in [-0.39, 0.29) is 6.71 Å². The molecule has 446 valence electrons. The van der Waals surface area contributed by atoms with Crippen LogP contribution in [-0.2, 0) is 0 Å². The summed E-state index contributed by atoms with van der Waals surface area (Å²) in [6, 6.07) is 116. The van der Waals surface area contributed by atoms with Gasteiger partial charge in [0.15, 0.2) is 0 Å². The second-order valence-electron chi connectivity index (χ2n) is 25.2. The van der Waals surface area contributed by atoms with Gasteiger partial charge in [0.05, 0.1) is 50.2 Å². The monoisotopic (exact) mass is 1220 g/mol. The lowest BCUT2D eigenvalue weighted by molar-refractivity contribution is 1.14. The van der Waals surface area contributed by atoms with Crippen molar-refractivity contribution in [3.05, 3.63) is 340 Å². The highest BCUT2D eigenvalue weighted by molar-refractivity contribution is 7.00. The maximum absolute atomic E-state index is 5.19. The first kappa shape index (κ1) is 53.8. The molecule has 0 N–H and O–H groups in total. The number of benzene rings is 13. The van der Waals surface area contributed by atoms with E-state index in [1.807, 2.05) is 0 Å². The third-order valence-electron chi connectivity index (χ3n) is 20.2. The average Bonchev–Trinajstić information content (AvgIpc) is 0.735. The Balaban J connectivity index is 0.991. The molecular weight excluding hydrogens is 1170 g/mol. The number of nitrogens with zero attached hydrogens (tertiary/aromatic N) is 7. The van der Waals surface area contributed by atoms with Crippen molar-refractivity contribution < 1.29 is 0 Å². The number of aromatic nitrogens is 5. The van der Waals surface area contributed by atoms with Gasteiger partial charge in [-0.3, -0.25) is 9.97 Å². The number of pyridine rings is 2. The van der Waals surface area contributed by atoms with Crippen LogP contribution in [0.25, 0.3) is 127 Å². The van der Waals surface area contributed by atoms with Crippen molar-refractivity contribution >= 4 is 123 Å². The van der Waals surface area contributed by atoms with Crippen molar-refractivity contribution in [3.8, 4) is 61.6 Å². The van der Waals surface area contributed by atoms with Gasteiger partial charge in [-0.2, -0.15) is 0 Å². The normalized spacial score (nSPS) is 12.5. The number of hydrogen-bond donors (Lipinski definition) is 0. The molecular formula is C88H56BN7. The van der Waals surface area contributed by atoms with E-state index >= 15 is 0 Å². The van der Waals surface area contributed by atoms with Crippen molar-refractivity contribution in [3.63, 3.8) is 0 Å². The molecule has 7 nitrogen and oxygen atoms in total. The van der Waals surface area contributed by atoms with Gasteiger partial charge in [0.25, 0.3) is 6.71 Å². The van der Waals surface area contributed by atoms with Crippen LogP contribution in [0.15, 0.2) is 340 Å². The SMILES string of the molecule is c1ccc(-c2cncc(-c3ccccc3)c2N2c3cc(-n4c5ccccc5c5ccccc54)ccc3B3c4ccc(-n5c6ccccc6c6ccccc65)cc4N(c4c(-c5ccccc5)cncc4-c4ccccc4)c4cc(-n5c6ccccc6c6ccccc65)cc2c43)cc1. The van der Waals surface area contributed by atoms with Crippen LogP contribution in [0.3, 0.4) is 0 Å². The second-order valence-corrected chi connectivity index (χ2v) is 25.2. The third-order valence-corrected chi connectivity index (χ3v) is 20.2. The molecule has 18 aromatic rings. The van der Waals surface area contributed by atoms with E-state index in [0.29, 0.717) is 0 Å². The fourth-order valence-corrected chi connectivity index (χ4v) is 16.1. The third kappa shape index (κ3) is 8.03. The number of fused-ring (bicyclic) bond motifs is 13.